The Balaban J connectivity index is 1.46. The van der Waals surface area contributed by atoms with Gasteiger partial charge in [-0.3, -0.25) is 9.69 Å². The van der Waals surface area contributed by atoms with Crippen molar-refractivity contribution in [3.63, 3.8) is 0 Å². The summed E-state index contributed by atoms with van der Waals surface area (Å²) in [5.74, 6) is 1.20. The van der Waals surface area contributed by atoms with Gasteiger partial charge in [-0.2, -0.15) is 0 Å². The number of rotatable bonds is 5. The van der Waals surface area contributed by atoms with Crippen LogP contribution >= 0.6 is 23.2 Å². The minimum atomic E-state index is -0.0637. The molecule has 1 aliphatic rings. The normalized spacial score (nSPS) is 15.4. The Labute approximate surface area is 156 Å². The second-order valence-electron chi connectivity index (χ2n) is 5.95. The van der Waals surface area contributed by atoms with Crippen LogP contribution < -0.4 is 4.74 Å². The fourth-order valence-corrected chi connectivity index (χ4v) is 3.02. The van der Waals surface area contributed by atoms with E-state index in [-0.39, 0.29) is 12.5 Å². The van der Waals surface area contributed by atoms with Gasteiger partial charge in [0, 0.05) is 43.3 Å². The number of amides is 1. The van der Waals surface area contributed by atoms with E-state index in [0.29, 0.717) is 35.4 Å². The average Bonchev–Trinajstić information content (AvgIpc) is 3.01. The van der Waals surface area contributed by atoms with E-state index in [4.69, 9.17) is 32.5 Å². The number of hydrogen-bond donors (Lipinski definition) is 0. The van der Waals surface area contributed by atoms with Crippen molar-refractivity contribution < 1.29 is 14.1 Å². The van der Waals surface area contributed by atoms with Crippen LogP contribution in [0.5, 0.6) is 5.75 Å². The molecule has 0 unspecified atom stereocenters. The van der Waals surface area contributed by atoms with Gasteiger partial charge < -0.3 is 14.2 Å². The van der Waals surface area contributed by atoms with E-state index < -0.39 is 0 Å². The van der Waals surface area contributed by atoms with Gasteiger partial charge in [-0.25, -0.2) is 0 Å². The molecule has 25 heavy (non-hydrogen) atoms. The summed E-state index contributed by atoms with van der Waals surface area (Å²) in [5.41, 5.74) is 0.876. The molecule has 0 bridgehead atoms. The molecule has 0 aliphatic carbocycles. The largest absolute Gasteiger partial charge is 0.482 e. The van der Waals surface area contributed by atoms with Gasteiger partial charge in [0.05, 0.1) is 17.3 Å². The van der Waals surface area contributed by atoms with E-state index in [2.05, 4.69) is 10.1 Å². The summed E-state index contributed by atoms with van der Waals surface area (Å²) in [4.78, 5) is 16.3. The summed E-state index contributed by atoms with van der Waals surface area (Å²) in [6.45, 7) is 5.42. The first kappa shape index (κ1) is 18.0. The summed E-state index contributed by atoms with van der Waals surface area (Å²) in [6.07, 6.45) is 0. The molecule has 6 nitrogen and oxygen atoms in total. The summed E-state index contributed by atoms with van der Waals surface area (Å²) in [7, 11) is 0. The first-order valence-electron chi connectivity index (χ1n) is 8.01. The molecule has 1 aromatic carbocycles. The van der Waals surface area contributed by atoms with Crippen LogP contribution in [0.2, 0.25) is 10.0 Å². The number of benzene rings is 1. The van der Waals surface area contributed by atoms with Crippen molar-refractivity contribution in [1.29, 1.82) is 0 Å². The molecule has 0 saturated carbocycles. The van der Waals surface area contributed by atoms with Gasteiger partial charge in [-0.1, -0.05) is 28.4 Å². The van der Waals surface area contributed by atoms with E-state index in [0.717, 1.165) is 24.5 Å². The van der Waals surface area contributed by atoms with Gasteiger partial charge in [0.15, 0.2) is 12.4 Å². The molecule has 2 aromatic rings. The molecule has 3 rings (SSSR count). The number of ether oxygens (including phenoxy) is 1. The van der Waals surface area contributed by atoms with Crippen molar-refractivity contribution in [1.82, 2.24) is 15.0 Å². The third kappa shape index (κ3) is 4.87. The molecule has 0 spiro atoms. The molecule has 1 fully saturated rings. The third-order valence-electron chi connectivity index (χ3n) is 4.03. The molecular formula is C17H19Cl2N3O3. The van der Waals surface area contributed by atoms with Crippen LogP contribution in [0.3, 0.4) is 0 Å². The monoisotopic (exact) mass is 383 g/mol. The second-order valence-corrected chi connectivity index (χ2v) is 6.80. The standard InChI is InChI=1S/C17H19Cl2N3O3/c1-12-8-14(25-20-12)10-21-4-6-22(7-5-21)17(23)11-24-16-9-13(18)2-3-15(16)19/h2-3,8-9H,4-7,10-11H2,1H3. The van der Waals surface area contributed by atoms with Crippen LogP contribution in [-0.2, 0) is 11.3 Å². The molecular weight excluding hydrogens is 365 g/mol. The van der Waals surface area contributed by atoms with Gasteiger partial charge in [-0.05, 0) is 19.1 Å². The molecule has 1 saturated heterocycles. The topological polar surface area (TPSA) is 58.8 Å². The van der Waals surface area contributed by atoms with Crippen molar-refractivity contribution in [2.24, 2.45) is 0 Å². The minimum absolute atomic E-state index is 0.0542. The number of piperazine rings is 1. The number of hydrogen-bond acceptors (Lipinski definition) is 5. The molecule has 2 heterocycles. The average molecular weight is 384 g/mol. The second kappa shape index (κ2) is 8.08. The molecule has 134 valence electrons. The zero-order chi connectivity index (χ0) is 17.8. The van der Waals surface area contributed by atoms with Gasteiger partial charge in [0.1, 0.15) is 5.75 Å². The summed E-state index contributed by atoms with van der Waals surface area (Å²) >= 11 is 11.9. The first-order valence-corrected chi connectivity index (χ1v) is 8.77. The van der Waals surface area contributed by atoms with Gasteiger partial charge in [-0.15, -0.1) is 0 Å². The maximum absolute atomic E-state index is 12.3. The Bertz CT molecular complexity index is 742. The van der Waals surface area contributed by atoms with Gasteiger partial charge >= 0.3 is 0 Å². The number of carbonyl (C=O) groups is 1. The summed E-state index contributed by atoms with van der Waals surface area (Å²) in [5, 5.41) is 4.84. The highest BCUT2D eigenvalue weighted by atomic mass is 35.5. The Kier molecular flexibility index (Phi) is 5.83. The number of aryl methyl sites for hydroxylation is 1. The molecule has 0 radical (unpaired) electrons. The quantitative estimate of drug-likeness (QED) is 0.793. The van der Waals surface area contributed by atoms with Crippen LogP contribution in [0, 0.1) is 6.92 Å². The highest BCUT2D eigenvalue weighted by molar-refractivity contribution is 6.34. The third-order valence-corrected chi connectivity index (χ3v) is 4.57. The Morgan fingerprint density at radius 3 is 2.68 bits per heavy atom. The smallest absolute Gasteiger partial charge is 0.260 e. The molecule has 1 aromatic heterocycles. The van der Waals surface area contributed by atoms with Crippen molar-refractivity contribution in [3.05, 3.63) is 45.8 Å². The highest BCUT2D eigenvalue weighted by Crippen LogP contribution is 2.27. The Morgan fingerprint density at radius 2 is 2.00 bits per heavy atom. The predicted molar refractivity (Wildman–Crippen MR) is 95.1 cm³/mol. The lowest BCUT2D eigenvalue weighted by Crippen LogP contribution is -2.49. The van der Waals surface area contributed by atoms with E-state index in [1.54, 1.807) is 23.1 Å². The number of halogens is 2. The van der Waals surface area contributed by atoms with Crippen LogP contribution in [0.4, 0.5) is 0 Å². The zero-order valence-electron chi connectivity index (χ0n) is 13.9. The SMILES string of the molecule is Cc1cc(CN2CCN(C(=O)COc3cc(Cl)ccc3Cl)CC2)on1. The molecule has 0 atom stereocenters. The lowest BCUT2D eigenvalue weighted by Gasteiger charge is -2.34. The summed E-state index contributed by atoms with van der Waals surface area (Å²) < 4.78 is 10.7. The minimum Gasteiger partial charge on any atom is -0.482 e. The molecule has 0 N–H and O–H groups in total. The van der Waals surface area contributed by atoms with Gasteiger partial charge in [0.2, 0.25) is 0 Å². The molecule has 8 heteroatoms. The lowest BCUT2D eigenvalue weighted by atomic mass is 10.3. The lowest BCUT2D eigenvalue weighted by molar-refractivity contribution is -0.135. The van der Waals surface area contributed by atoms with Crippen molar-refractivity contribution in [2.75, 3.05) is 32.8 Å². The van der Waals surface area contributed by atoms with E-state index in [9.17, 15) is 4.79 Å². The van der Waals surface area contributed by atoms with Crippen LogP contribution in [0.15, 0.2) is 28.8 Å². The predicted octanol–water partition coefficient (Wildman–Crippen LogP) is 3.01. The molecule has 1 aliphatic heterocycles. The van der Waals surface area contributed by atoms with Crippen LogP contribution in [-0.4, -0.2) is 53.6 Å². The Hall–Kier alpha value is -1.76. The first-order chi connectivity index (χ1) is 12.0. The van der Waals surface area contributed by atoms with Crippen molar-refractivity contribution >= 4 is 29.1 Å². The van der Waals surface area contributed by atoms with E-state index >= 15 is 0 Å². The van der Waals surface area contributed by atoms with E-state index in [1.165, 1.54) is 0 Å². The Morgan fingerprint density at radius 1 is 1.24 bits per heavy atom. The van der Waals surface area contributed by atoms with Gasteiger partial charge in [0.25, 0.3) is 5.91 Å². The fourth-order valence-electron chi connectivity index (χ4n) is 2.69. The number of carbonyl (C=O) groups excluding carboxylic acids is 1. The van der Waals surface area contributed by atoms with Crippen molar-refractivity contribution in [3.8, 4) is 5.75 Å². The number of nitrogens with zero attached hydrogens (tertiary/aromatic N) is 3. The molecule has 1 amide bonds. The highest BCUT2D eigenvalue weighted by Gasteiger charge is 2.22. The maximum atomic E-state index is 12.3. The fraction of sp³-hybridized carbons (Fsp3) is 0.412. The summed E-state index contributed by atoms with van der Waals surface area (Å²) in [6, 6.07) is 6.86. The van der Waals surface area contributed by atoms with Crippen LogP contribution in [0.1, 0.15) is 11.5 Å². The maximum Gasteiger partial charge on any atom is 0.260 e. The van der Waals surface area contributed by atoms with Crippen molar-refractivity contribution in [2.45, 2.75) is 13.5 Å². The number of aromatic nitrogens is 1. The van der Waals surface area contributed by atoms with E-state index in [1.807, 2.05) is 13.0 Å². The zero-order valence-corrected chi connectivity index (χ0v) is 15.4. The van der Waals surface area contributed by atoms with Crippen LogP contribution in [0.25, 0.3) is 0 Å².